The molecule has 0 aromatic heterocycles. The van der Waals surface area contributed by atoms with Gasteiger partial charge in [0.2, 0.25) is 0 Å². The number of aliphatic hydroxyl groups is 2. The van der Waals surface area contributed by atoms with Crippen molar-refractivity contribution in [3.05, 3.63) is 32.7 Å². The number of phenols is 2. The molecular formula is C21H20O8. The number of rotatable bonds is 3. The lowest BCUT2D eigenvalue weighted by Gasteiger charge is -2.30. The molecule has 152 valence electrons. The highest BCUT2D eigenvalue weighted by Crippen LogP contribution is 2.36. The number of benzene rings is 1. The number of Topliss-reactive ketones (excluding diaryl/α,β-unsaturated/α-hetero) is 3. The average Bonchev–Trinajstić information content (AvgIpc) is 2.70. The van der Waals surface area contributed by atoms with Gasteiger partial charge < -0.3 is 25.2 Å². The lowest BCUT2D eigenvalue weighted by Crippen LogP contribution is -2.47. The van der Waals surface area contributed by atoms with Crippen LogP contribution in [0.15, 0.2) is 11.1 Å². The Morgan fingerprint density at radius 3 is 2.55 bits per heavy atom. The first-order valence-corrected chi connectivity index (χ1v) is 9.26. The molecule has 0 fully saturated rings. The maximum atomic E-state index is 13.1. The zero-order valence-corrected chi connectivity index (χ0v) is 15.7. The van der Waals surface area contributed by atoms with Crippen molar-refractivity contribution in [3.8, 4) is 11.5 Å². The molecule has 8 nitrogen and oxygen atoms in total. The Bertz CT molecular complexity index is 1130. The summed E-state index contributed by atoms with van der Waals surface area (Å²) in [5.41, 5.74) is -1.69. The van der Waals surface area contributed by atoms with Crippen molar-refractivity contribution >= 4 is 29.5 Å². The summed E-state index contributed by atoms with van der Waals surface area (Å²) in [4.78, 5) is 37.7. The van der Waals surface area contributed by atoms with Crippen molar-refractivity contribution in [1.82, 2.24) is 0 Å². The molecule has 4 N–H and O–H groups in total. The minimum Gasteiger partial charge on any atom is -0.507 e. The molecule has 0 bridgehead atoms. The molecule has 4 rings (SSSR count). The molecule has 0 aliphatic heterocycles. The molecule has 1 aromatic rings. The molecule has 3 aliphatic carbocycles. The van der Waals surface area contributed by atoms with Gasteiger partial charge in [-0.1, -0.05) is 0 Å². The number of carbonyl (C=O) groups is 3. The van der Waals surface area contributed by atoms with Crippen LogP contribution < -0.4 is 10.4 Å². The minimum atomic E-state index is -2.32. The third-order valence-corrected chi connectivity index (χ3v) is 5.91. The number of carbonyl (C=O) groups excluding carboxylic acids is 3. The molecular weight excluding hydrogens is 380 g/mol. The van der Waals surface area contributed by atoms with Gasteiger partial charge in [-0.25, -0.2) is 0 Å². The molecule has 3 aliphatic rings. The molecule has 0 saturated carbocycles. The maximum absolute atomic E-state index is 13.1. The Hall–Kier alpha value is -2.81. The van der Waals surface area contributed by atoms with Crippen molar-refractivity contribution < 1.29 is 39.5 Å². The second-order valence-corrected chi connectivity index (χ2v) is 7.55. The number of fused-ring (bicyclic) bond motifs is 2. The first kappa shape index (κ1) is 19.5. The number of allylic oxidation sites excluding steroid dienone is 1. The summed E-state index contributed by atoms with van der Waals surface area (Å²) in [6.07, 6.45) is 3.37. The van der Waals surface area contributed by atoms with E-state index in [0.29, 0.717) is 24.0 Å². The number of methoxy groups -OCH3 is 1. The third kappa shape index (κ3) is 2.67. The van der Waals surface area contributed by atoms with Crippen molar-refractivity contribution in [3.63, 3.8) is 0 Å². The highest BCUT2D eigenvalue weighted by Gasteiger charge is 2.42. The zero-order valence-electron chi connectivity index (χ0n) is 15.7. The second kappa shape index (κ2) is 6.62. The monoisotopic (exact) mass is 400 g/mol. The molecule has 8 heteroatoms. The largest absolute Gasteiger partial charge is 0.507 e. The van der Waals surface area contributed by atoms with Gasteiger partial charge in [-0.15, -0.1) is 0 Å². The van der Waals surface area contributed by atoms with Crippen LogP contribution in [0.2, 0.25) is 0 Å². The van der Waals surface area contributed by atoms with Crippen LogP contribution in [0.1, 0.15) is 46.4 Å². The zero-order chi connectivity index (χ0) is 21.1. The average molecular weight is 400 g/mol. The summed E-state index contributed by atoms with van der Waals surface area (Å²) in [6.45, 7) is -1.01. The standard InChI is InChI=1S/C21H20O8/c1-29-14-4-2-3-9-10(14)5-11-17(18(9)25)20(27)12-6-21(28,15(24)8-22)7-13(23)16(12)19(11)26/h5-6,14,22,26-28H,2-4,7-8H2,1H3. The number of hydrogen-bond acceptors (Lipinski definition) is 8. The van der Waals surface area contributed by atoms with Crippen LogP contribution in [-0.4, -0.2) is 63.2 Å². The minimum absolute atomic E-state index is 0.0228. The van der Waals surface area contributed by atoms with E-state index in [1.165, 1.54) is 7.11 Å². The van der Waals surface area contributed by atoms with Crippen LogP contribution in [0.3, 0.4) is 0 Å². The lowest BCUT2D eigenvalue weighted by molar-refractivity contribution is -0.134. The van der Waals surface area contributed by atoms with E-state index < -0.39 is 47.5 Å². The number of aliphatic hydroxyl groups excluding tert-OH is 1. The summed E-state index contributed by atoms with van der Waals surface area (Å²) in [5, 5.41) is 40.9. The van der Waals surface area contributed by atoms with Gasteiger partial charge in [-0.2, -0.15) is 0 Å². The fourth-order valence-electron chi connectivity index (χ4n) is 4.43. The molecule has 0 saturated heterocycles. The predicted octanol–water partition coefficient (Wildman–Crippen LogP) is -0.771. The molecule has 1 aromatic carbocycles. The van der Waals surface area contributed by atoms with Crippen LogP contribution in [0, 0.1) is 0 Å². The van der Waals surface area contributed by atoms with E-state index in [9.17, 15) is 29.7 Å². The topological polar surface area (TPSA) is 141 Å². The van der Waals surface area contributed by atoms with Gasteiger partial charge in [-0.05, 0) is 37.0 Å². The Balaban J connectivity index is 2.06. The van der Waals surface area contributed by atoms with Crippen LogP contribution in [0.5, 0.6) is 11.5 Å². The summed E-state index contributed by atoms with van der Waals surface area (Å²) in [7, 11) is 1.52. The van der Waals surface area contributed by atoms with Gasteiger partial charge >= 0.3 is 0 Å². The molecule has 2 unspecified atom stereocenters. The Morgan fingerprint density at radius 2 is 1.90 bits per heavy atom. The van der Waals surface area contributed by atoms with E-state index in [0.717, 1.165) is 12.5 Å². The predicted molar refractivity (Wildman–Crippen MR) is 99.9 cm³/mol. The van der Waals surface area contributed by atoms with Crippen LogP contribution >= 0.6 is 0 Å². The van der Waals surface area contributed by atoms with E-state index in [1.54, 1.807) is 6.08 Å². The van der Waals surface area contributed by atoms with Gasteiger partial charge in [0.05, 0.1) is 23.7 Å². The lowest BCUT2D eigenvalue weighted by atomic mass is 9.77. The first-order chi connectivity index (χ1) is 13.7. The number of ketones is 3. The van der Waals surface area contributed by atoms with Crippen LogP contribution in [-0.2, 0) is 9.53 Å². The Kier molecular flexibility index (Phi) is 4.45. The van der Waals surface area contributed by atoms with Crippen molar-refractivity contribution in [2.75, 3.05) is 13.7 Å². The quantitative estimate of drug-likeness (QED) is 0.485. The molecule has 0 radical (unpaired) electrons. The highest BCUT2D eigenvalue weighted by atomic mass is 16.5. The van der Waals surface area contributed by atoms with Gasteiger partial charge in [0.15, 0.2) is 23.0 Å². The molecule has 0 spiro atoms. The summed E-state index contributed by atoms with van der Waals surface area (Å²) in [5.74, 6) is -3.37. The fraction of sp³-hybridized carbons (Fsp3) is 0.381. The highest BCUT2D eigenvalue weighted by molar-refractivity contribution is 6.16. The van der Waals surface area contributed by atoms with Crippen LogP contribution in [0.4, 0.5) is 0 Å². The smallest absolute Gasteiger partial charge is 0.194 e. The third-order valence-electron chi connectivity index (χ3n) is 5.91. The number of aromatic hydroxyl groups is 2. The van der Waals surface area contributed by atoms with Gasteiger partial charge in [-0.3, -0.25) is 14.4 Å². The van der Waals surface area contributed by atoms with Crippen molar-refractivity contribution in [1.29, 1.82) is 0 Å². The summed E-state index contributed by atoms with van der Waals surface area (Å²) >= 11 is 0. The van der Waals surface area contributed by atoms with E-state index in [2.05, 4.69) is 0 Å². The number of hydrogen-bond donors (Lipinski definition) is 4. The Labute approximate surface area is 165 Å². The maximum Gasteiger partial charge on any atom is 0.194 e. The van der Waals surface area contributed by atoms with E-state index in [-0.39, 0.29) is 27.7 Å². The fourth-order valence-corrected chi connectivity index (χ4v) is 4.43. The normalized spacial score (nSPS) is 25.6. The van der Waals surface area contributed by atoms with E-state index in [1.807, 2.05) is 0 Å². The Morgan fingerprint density at radius 1 is 1.21 bits per heavy atom. The van der Waals surface area contributed by atoms with E-state index >= 15 is 0 Å². The first-order valence-electron chi connectivity index (χ1n) is 9.26. The molecule has 2 atom stereocenters. The van der Waals surface area contributed by atoms with Crippen LogP contribution in [0.25, 0.3) is 12.2 Å². The molecule has 0 amide bonds. The molecule has 0 heterocycles. The van der Waals surface area contributed by atoms with Crippen molar-refractivity contribution in [2.45, 2.75) is 37.4 Å². The van der Waals surface area contributed by atoms with Gasteiger partial charge in [0.1, 0.15) is 18.1 Å². The van der Waals surface area contributed by atoms with Gasteiger partial charge in [0, 0.05) is 23.1 Å². The summed E-state index contributed by atoms with van der Waals surface area (Å²) in [6, 6.07) is 0. The van der Waals surface area contributed by atoms with Gasteiger partial charge in [0.25, 0.3) is 0 Å². The molecule has 29 heavy (non-hydrogen) atoms. The number of phenolic OH excluding ortho intramolecular Hbond substituents is 2. The van der Waals surface area contributed by atoms with E-state index in [4.69, 9.17) is 9.84 Å². The van der Waals surface area contributed by atoms with Crippen molar-refractivity contribution in [2.24, 2.45) is 0 Å². The second-order valence-electron chi connectivity index (χ2n) is 7.55. The SMILES string of the molecule is COC1CCCC2=C1C=c1c(O)c3c(c(O)c1C2=O)=CC(O)(C(=O)CO)CC3=O. The summed E-state index contributed by atoms with van der Waals surface area (Å²) < 4.78 is 5.44. The number of ether oxygens (including phenoxy) is 1.